The molecule has 0 radical (unpaired) electrons. The van der Waals surface area contributed by atoms with Crippen LogP contribution in [0.2, 0.25) is 0 Å². The Kier molecular flexibility index (Phi) is 6.86. The Morgan fingerprint density at radius 3 is 2.41 bits per heavy atom. The zero-order valence-electron chi connectivity index (χ0n) is 22.6. The Hall–Kier alpha value is -4.64. The van der Waals surface area contributed by atoms with Crippen LogP contribution < -0.4 is 16.0 Å². The number of carbonyl (C=O) groups excluding carboxylic acids is 4. The van der Waals surface area contributed by atoms with Crippen molar-refractivity contribution >= 4 is 40.4 Å². The summed E-state index contributed by atoms with van der Waals surface area (Å²) >= 11 is 0. The average Bonchev–Trinajstić information content (AvgIpc) is 2.91. The monoisotopic (exact) mass is 561 g/mol. The van der Waals surface area contributed by atoms with Gasteiger partial charge < -0.3 is 36.4 Å². The number of carbonyl (C=O) groups is 4. The van der Waals surface area contributed by atoms with E-state index in [0.29, 0.717) is 16.8 Å². The Bertz CT molecular complexity index is 1560. The number of aromatic hydroxyl groups is 1. The summed E-state index contributed by atoms with van der Waals surface area (Å²) in [4.78, 5) is 52.4. The third-order valence-electron chi connectivity index (χ3n) is 8.29. The van der Waals surface area contributed by atoms with Crippen LogP contribution in [0.15, 0.2) is 53.3 Å². The second kappa shape index (κ2) is 10.1. The van der Waals surface area contributed by atoms with Crippen LogP contribution in [0.4, 0.5) is 11.4 Å². The van der Waals surface area contributed by atoms with Crippen molar-refractivity contribution in [3.63, 3.8) is 0 Å². The number of rotatable bonds is 7. The highest BCUT2D eigenvalue weighted by Gasteiger charge is 2.60. The zero-order chi connectivity index (χ0) is 29.8. The Balaban J connectivity index is 1.55. The summed E-state index contributed by atoms with van der Waals surface area (Å²) in [6.07, 6.45) is 0.00508. The molecule has 0 bridgehead atoms. The van der Waals surface area contributed by atoms with Gasteiger partial charge >= 0.3 is 0 Å². The van der Waals surface area contributed by atoms with E-state index in [1.54, 1.807) is 49.3 Å². The second-order valence-electron chi connectivity index (χ2n) is 10.9. The van der Waals surface area contributed by atoms with Gasteiger partial charge in [0.05, 0.1) is 11.3 Å². The van der Waals surface area contributed by atoms with Gasteiger partial charge in [-0.15, -0.1) is 0 Å². The first-order valence-corrected chi connectivity index (χ1v) is 13.2. The first kappa shape index (κ1) is 27.9. The van der Waals surface area contributed by atoms with Gasteiger partial charge in [-0.1, -0.05) is 30.3 Å². The topological polar surface area (TPSA) is 190 Å². The second-order valence-corrected chi connectivity index (χ2v) is 10.9. The van der Waals surface area contributed by atoms with E-state index in [1.807, 2.05) is 6.07 Å². The number of aliphatic hydroxyl groups excluding tert-OH is 2. The van der Waals surface area contributed by atoms with Crippen LogP contribution in [-0.4, -0.2) is 69.9 Å². The van der Waals surface area contributed by atoms with E-state index in [0.717, 1.165) is 0 Å². The Labute approximate surface area is 235 Å². The first-order chi connectivity index (χ1) is 19.4. The number of amides is 1. The molecule has 0 heterocycles. The molecule has 7 N–H and O–H groups in total. The summed E-state index contributed by atoms with van der Waals surface area (Å²) in [5, 5.41) is 47.9. The maximum Gasteiger partial charge on any atom is 0.255 e. The molecule has 1 fully saturated rings. The molecular formula is C30H31N3O8. The van der Waals surface area contributed by atoms with Crippen molar-refractivity contribution in [1.82, 2.24) is 0 Å². The molecule has 41 heavy (non-hydrogen) atoms. The van der Waals surface area contributed by atoms with Crippen LogP contribution in [0.5, 0.6) is 5.75 Å². The molecule has 1 saturated carbocycles. The van der Waals surface area contributed by atoms with Crippen molar-refractivity contribution < 1.29 is 39.6 Å². The summed E-state index contributed by atoms with van der Waals surface area (Å²) in [7, 11) is 3.56. The van der Waals surface area contributed by atoms with Crippen LogP contribution in [0, 0.1) is 11.8 Å². The normalized spacial score (nSPS) is 23.5. The molecule has 11 heteroatoms. The lowest BCUT2D eigenvalue weighted by Gasteiger charge is -2.46. The van der Waals surface area contributed by atoms with Crippen LogP contribution in [0.3, 0.4) is 0 Å². The van der Waals surface area contributed by atoms with E-state index in [2.05, 4.69) is 5.32 Å². The van der Waals surface area contributed by atoms with E-state index in [-0.39, 0.29) is 60.6 Å². The largest absolute Gasteiger partial charge is 0.508 e. The Morgan fingerprint density at radius 2 is 1.78 bits per heavy atom. The Morgan fingerprint density at radius 1 is 1.10 bits per heavy atom. The molecule has 2 aromatic carbocycles. The number of hydrogen-bond acceptors (Lipinski definition) is 10. The highest BCUT2D eigenvalue weighted by atomic mass is 16.3. The van der Waals surface area contributed by atoms with E-state index in [4.69, 9.17) is 5.73 Å². The van der Waals surface area contributed by atoms with Crippen LogP contribution in [0.1, 0.15) is 40.7 Å². The minimum absolute atomic E-state index is 0.0137. The lowest BCUT2D eigenvalue weighted by atomic mass is 9.59. The van der Waals surface area contributed by atoms with Gasteiger partial charge in [0.2, 0.25) is 5.78 Å². The summed E-state index contributed by atoms with van der Waals surface area (Å²) < 4.78 is 0. The molecule has 0 aliphatic heterocycles. The number of fused-ring (bicyclic) bond motifs is 3. The standard InChI is InChI=1S/C30H31N3O8/c1-33(2)19-13-18(32-9-8-20(34)14-6-4-3-5-7-14)25(36)23-17(19)11-15-10-16-12-21(35)24(29(31)40)28(39)30(16,41)27(38)22(15)26(23)37/h3-7,13,15-16,32,36-37,39,41H,8-12H2,1-2H3,(H2,31,40)/t15-,16+,30+/m1/s1. The lowest BCUT2D eigenvalue weighted by Crippen LogP contribution is -2.58. The number of phenolic OH excluding ortho intramolecular Hbond substituents is 1. The maximum atomic E-state index is 13.7. The number of anilines is 2. The molecule has 0 saturated heterocycles. The van der Waals surface area contributed by atoms with Crippen molar-refractivity contribution in [1.29, 1.82) is 0 Å². The highest BCUT2D eigenvalue weighted by molar-refractivity contribution is 6.22. The average molecular weight is 562 g/mol. The minimum atomic E-state index is -2.62. The van der Waals surface area contributed by atoms with Gasteiger partial charge in [-0.3, -0.25) is 19.2 Å². The van der Waals surface area contributed by atoms with Gasteiger partial charge in [-0.2, -0.15) is 0 Å². The highest BCUT2D eigenvalue weighted by Crippen LogP contribution is 2.54. The number of Topliss-reactive ketones (excluding diaryl/α,β-unsaturated/α-hetero) is 3. The smallest absolute Gasteiger partial charge is 0.255 e. The van der Waals surface area contributed by atoms with E-state index < -0.39 is 52.0 Å². The SMILES string of the molecule is CN(C)c1cc(NCCC(=O)c2ccccc2)c(O)c2c1C[C@H]1C[C@H]3CC(=O)C(C(N)=O)=C(O)[C@@]3(O)C(=O)C1=C2O. The lowest BCUT2D eigenvalue weighted by molar-refractivity contribution is -0.147. The molecule has 0 unspecified atom stereocenters. The fourth-order valence-corrected chi connectivity index (χ4v) is 6.28. The number of nitrogens with zero attached hydrogens (tertiary/aromatic N) is 1. The molecule has 3 aliphatic rings. The molecular weight excluding hydrogens is 530 g/mol. The number of benzene rings is 2. The fourth-order valence-electron chi connectivity index (χ4n) is 6.28. The van der Waals surface area contributed by atoms with Crippen molar-refractivity contribution in [2.75, 3.05) is 30.9 Å². The number of ketones is 3. The van der Waals surface area contributed by atoms with Crippen LogP contribution in [-0.2, 0) is 20.8 Å². The summed E-state index contributed by atoms with van der Waals surface area (Å²) in [6, 6.07) is 10.5. The number of nitrogens with one attached hydrogen (secondary N) is 1. The summed E-state index contributed by atoms with van der Waals surface area (Å²) in [5.74, 6) is -6.87. The molecule has 214 valence electrons. The molecule has 11 nitrogen and oxygen atoms in total. The van der Waals surface area contributed by atoms with Gasteiger partial charge in [0.25, 0.3) is 5.91 Å². The molecule has 2 aromatic rings. The van der Waals surface area contributed by atoms with Crippen LogP contribution in [0.25, 0.3) is 5.76 Å². The molecule has 3 atom stereocenters. The van der Waals surface area contributed by atoms with Gasteiger partial charge in [0.15, 0.2) is 17.2 Å². The third kappa shape index (κ3) is 4.33. The molecule has 1 amide bonds. The zero-order valence-corrected chi connectivity index (χ0v) is 22.6. The number of phenols is 1. The minimum Gasteiger partial charge on any atom is -0.508 e. The maximum absolute atomic E-state index is 13.7. The van der Waals surface area contributed by atoms with Crippen LogP contribution >= 0.6 is 0 Å². The molecule has 3 aliphatic carbocycles. The third-order valence-corrected chi connectivity index (χ3v) is 8.29. The van der Waals surface area contributed by atoms with E-state index in [9.17, 15) is 39.6 Å². The van der Waals surface area contributed by atoms with Crippen molar-refractivity contribution in [2.45, 2.75) is 31.3 Å². The molecule has 0 spiro atoms. The van der Waals surface area contributed by atoms with Gasteiger partial charge in [-0.25, -0.2) is 0 Å². The van der Waals surface area contributed by atoms with Gasteiger partial charge in [0.1, 0.15) is 22.8 Å². The fraction of sp³-hybridized carbons (Fsp3) is 0.333. The molecule has 5 rings (SSSR count). The number of hydrogen-bond donors (Lipinski definition) is 6. The summed E-state index contributed by atoms with van der Waals surface area (Å²) in [5.41, 5.74) is 3.55. The van der Waals surface area contributed by atoms with Crippen molar-refractivity contribution in [3.05, 3.63) is 70.0 Å². The number of primary amides is 1. The quantitative estimate of drug-likeness (QED) is 0.166. The predicted molar refractivity (Wildman–Crippen MR) is 150 cm³/mol. The van der Waals surface area contributed by atoms with Gasteiger partial charge in [-0.05, 0) is 30.4 Å². The van der Waals surface area contributed by atoms with Crippen molar-refractivity contribution in [2.24, 2.45) is 17.6 Å². The van der Waals surface area contributed by atoms with E-state index >= 15 is 0 Å². The first-order valence-electron chi connectivity index (χ1n) is 13.2. The van der Waals surface area contributed by atoms with E-state index in [1.165, 1.54) is 0 Å². The summed E-state index contributed by atoms with van der Waals surface area (Å²) in [6.45, 7) is 0.176. The predicted octanol–water partition coefficient (Wildman–Crippen LogP) is 2.17. The van der Waals surface area contributed by atoms with Gasteiger partial charge in [0, 0.05) is 56.2 Å². The van der Waals surface area contributed by atoms with Crippen molar-refractivity contribution in [3.8, 4) is 5.75 Å². The molecule has 0 aromatic heterocycles. The number of nitrogens with two attached hydrogens (primary N) is 1. The number of aliphatic hydroxyl groups is 3.